The minimum Gasteiger partial charge on any atom is -0.497 e. The Labute approximate surface area is 218 Å². The lowest BCUT2D eigenvalue weighted by atomic mass is 9.86. The van der Waals surface area contributed by atoms with E-state index < -0.39 is 12.1 Å². The fraction of sp³-hybridized carbons (Fsp3) is 0.214. The van der Waals surface area contributed by atoms with Crippen molar-refractivity contribution in [2.24, 2.45) is 0 Å². The van der Waals surface area contributed by atoms with Crippen LogP contribution in [0.15, 0.2) is 66.7 Å². The smallest absolute Gasteiger partial charge is 0.246 e. The number of para-hydroxylation sites is 1. The quantitative estimate of drug-likeness (QED) is 0.394. The summed E-state index contributed by atoms with van der Waals surface area (Å²) in [5.74, 6) is 0.566. The van der Waals surface area contributed by atoms with Crippen molar-refractivity contribution in [2.45, 2.75) is 25.0 Å². The van der Waals surface area contributed by atoms with E-state index >= 15 is 0 Å². The molecule has 6 rings (SSSR count). The fourth-order valence-corrected chi connectivity index (χ4v) is 5.77. The van der Waals surface area contributed by atoms with Crippen molar-refractivity contribution in [2.75, 3.05) is 13.7 Å². The molecule has 2 aliphatic rings. The van der Waals surface area contributed by atoms with Gasteiger partial charge in [-0.25, -0.2) is 0 Å². The number of piperazine rings is 1. The maximum absolute atomic E-state index is 13.8. The zero-order valence-electron chi connectivity index (χ0n) is 19.5. The van der Waals surface area contributed by atoms with Crippen LogP contribution in [0.1, 0.15) is 28.4 Å². The van der Waals surface area contributed by atoms with Crippen molar-refractivity contribution >= 4 is 45.9 Å². The molecule has 4 aromatic rings. The largest absolute Gasteiger partial charge is 0.497 e. The first-order valence-corrected chi connectivity index (χ1v) is 12.5. The van der Waals surface area contributed by atoms with Gasteiger partial charge in [0.1, 0.15) is 18.3 Å². The standard InChI is InChI=1S/C28H23Cl2N3O3/c1-36-18-9-7-17(8-10-18)27-26-20(19-4-2-3-5-23(19)31-26)13-24-28(35)32(15-25(34)33(24)27)14-16-6-11-21(29)22(30)12-16/h2-12,24,27,31H,13-15H2,1H3/t24-,27-/m0/s1. The molecule has 2 atom stereocenters. The van der Waals surface area contributed by atoms with Gasteiger partial charge in [-0.2, -0.15) is 0 Å². The van der Waals surface area contributed by atoms with Crippen molar-refractivity contribution in [1.82, 2.24) is 14.8 Å². The first-order valence-electron chi connectivity index (χ1n) is 11.7. The Morgan fingerprint density at radius 1 is 1.00 bits per heavy atom. The minimum atomic E-state index is -0.604. The lowest BCUT2D eigenvalue weighted by Gasteiger charge is -2.47. The minimum absolute atomic E-state index is 0.00219. The number of halogens is 2. The number of aromatic amines is 1. The highest BCUT2D eigenvalue weighted by Gasteiger charge is 2.48. The fourth-order valence-electron chi connectivity index (χ4n) is 5.45. The van der Waals surface area contributed by atoms with E-state index in [9.17, 15) is 9.59 Å². The van der Waals surface area contributed by atoms with Gasteiger partial charge in [0.25, 0.3) is 0 Å². The summed E-state index contributed by atoms with van der Waals surface area (Å²) >= 11 is 12.3. The molecule has 0 spiro atoms. The highest BCUT2D eigenvalue weighted by Crippen LogP contribution is 2.43. The second-order valence-electron chi connectivity index (χ2n) is 9.20. The molecular weight excluding hydrogens is 497 g/mol. The van der Waals surface area contributed by atoms with E-state index in [1.165, 1.54) is 0 Å². The number of fused-ring (bicyclic) bond motifs is 4. The molecule has 1 aromatic heterocycles. The van der Waals surface area contributed by atoms with Crippen molar-refractivity contribution in [3.8, 4) is 5.75 Å². The van der Waals surface area contributed by atoms with Crippen LogP contribution in [0.3, 0.4) is 0 Å². The average molecular weight is 520 g/mol. The summed E-state index contributed by atoms with van der Waals surface area (Å²) in [6, 6.07) is 20.0. The molecule has 182 valence electrons. The zero-order chi connectivity index (χ0) is 25.0. The lowest BCUT2D eigenvalue weighted by molar-refractivity contribution is -0.159. The number of nitrogens with zero attached hydrogens (tertiary/aromatic N) is 2. The lowest BCUT2D eigenvalue weighted by Crippen LogP contribution is -2.62. The summed E-state index contributed by atoms with van der Waals surface area (Å²) < 4.78 is 5.34. The summed E-state index contributed by atoms with van der Waals surface area (Å²) in [6.07, 6.45) is 0.453. The van der Waals surface area contributed by atoms with Gasteiger partial charge < -0.3 is 19.5 Å². The van der Waals surface area contributed by atoms with Crippen LogP contribution in [0.4, 0.5) is 0 Å². The summed E-state index contributed by atoms with van der Waals surface area (Å²) in [5, 5.41) is 1.95. The summed E-state index contributed by atoms with van der Waals surface area (Å²) in [4.78, 5) is 34.4. The number of hydrogen-bond donors (Lipinski definition) is 1. The Hall–Kier alpha value is -3.48. The number of rotatable bonds is 4. The predicted octanol–water partition coefficient (Wildman–Crippen LogP) is 5.37. The van der Waals surface area contributed by atoms with Gasteiger partial charge in [-0.1, -0.05) is 59.6 Å². The van der Waals surface area contributed by atoms with Gasteiger partial charge in [0, 0.05) is 29.6 Å². The molecule has 0 unspecified atom stereocenters. The van der Waals surface area contributed by atoms with Crippen LogP contribution in [0.2, 0.25) is 10.0 Å². The Morgan fingerprint density at radius 3 is 2.53 bits per heavy atom. The molecule has 0 aliphatic carbocycles. The van der Waals surface area contributed by atoms with E-state index in [0.29, 0.717) is 23.0 Å². The second-order valence-corrected chi connectivity index (χ2v) is 10.0. The third-order valence-corrected chi connectivity index (χ3v) is 7.87. The molecule has 2 amide bonds. The molecule has 2 aliphatic heterocycles. The third kappa shape index (κ3) is 3.72. The number of carbonyl (C=O) groups is 2. The van der Waals surface area contributed by atoms with Gasteiger partial charge in [0.15, 0.2) is 0 Å². The molecule has 1 fully saturated rings. The number of hydrogen-bond acceptors (Lipinski definition) is 3. The number of ether oxygens (including phenoxy) is 1. The summed E-state index contributed by atoms with van der Waals surface area (Å²) in [7, 11) is 1.62. The number of aromatic nitrogens is 1. The summed E-state index contributed by atoms with van der Waals surface area (Å²) in [5.41, 5.74) is 4.78. The molecule has 0 saturated carbocycles. The molecule has 0 radical (unpaired) electrons. The zero-order valence-corrected chi connectivity index (χ0v) is 21.0. The molecular formula is C28H23Cl2N3O3. The van der Waals surface area contributed by atoms with Gasteiger partial charge >= 0.3 is 0 Å². The Balaban J connectivity index is 1.43. The first-order chi connectivity index (χ1) is 17.4. The van der Waals surface area contributed by atoms with Crippen LogP contribution in [0.25, 0.3) is 10.9 Å². The van der Waals surface area contributed by atoms with E-state index in [1.54, 1.807) is 29.0 Å². The van der Waals surface area contributed by atoms with Gasteiger partial charge in [0.2, 0.25) is 11.8 Å². The van der Waals surface area contributed by atoms with Crippen LogP contribution in [-0.4, -0.2) is 46.3 Å². The number of H-pyrrole nitrogens is 1. The molecule has 8 heteroatoms. The number of carbonyl (C=O) groups excluding carboxylic acids is 2. The third-order valence-electron chi connectivity index (χ3n) is 7.13. The van der Waals surface area contributed by atoms with Gasteiger partial charge in [0.05, 0.1) is 23.2 Å². The van der Waals surface area contributed by atoms with E-state index in [0.717, 1.165) is 39.0 Å². The van der Waals surface area contributed by atoms with Crippen LogP contribution >= 0.6 is 23.2 Å². The molecule has 0 bridgehead atoms. The van der Waals surface area contributed by atoms with E-state index in [2.05, 4.69) is 11.1 Å². The molecule has 3 heterocycles. The van der Waals surface area contributed by atoms with Crippen LogP contribution < -0.4 is 4.74 Å². The Bertz CT molecular complexity index is 1500. The van der Waals surface area contributed by atoms with Crippen LogP contribution in [-0.2, 0) is 22.6 Å². The Morgan fingerprint density at radius 2 is 1.78 bits per heavy atom. The number of methoxy groups -OCH3 is 1. The highest BCUT2D eigenvalue weighted by molar-refractivity contribution is 6.42. The topological polar surface area (TPSA) is 65.6 Å². The van der Waals surface area contributed by atoms with Crippen molar-refractivity contribution in [3.05, 3.63) is 99.2 Å². The second kappa shape index (κ2) is 8.87. The molecule has 6 nitrogen and oxygen atoms in total. The van der Waals surface area contributed by atoms with Gasteiger partial charge in [-0.05, 0) is 47.0 Å². The number of amides is 2. The average Bonchev–Trinajstić information content (AvgIpc) is 3.26. The molecule has 3 aromatic carbocycles. The van der Waals surface area contributed by atoms with Crippen LogP contribution in [0, 0.1) is 0 Å². The van der Waals surface area contributed by atoms with Crippen molar-refractivity contribution in [1.29, 1.82) is 0 Å². The van der Waals surface area contributed by atoms with Gasteiger partial charge in [-0.3, -0.25) is 9.59 Å². The maximum Gasteiger partial charge on any atom is 0.246 e. The highest BCUT2D eigenvalue weighted by atomic mass is 35.5. The number of benzene rings is 3. The Kier molecular flexibility index (Phi) is 5.66. The number of nitrogens with one attached hydrogen (secondary N) is 1. The predicted molar refractivity (Wildman–Crippen MR) is 139 cm³/mol. The normalized spacial score (nSPS) is 19.4. The van der Waals surface area contributed by atoms with Crippen LogP contribution in [0.5, 0.6) is 5.75 Å². The van der Waals surface area contributed by atoms with E-state index in [-0.39, 0.29) is 18.4 Å². The van der Waals surface area contributed by atoms with E-state index in [4.69, 9.17) is 27.9 Å². The monoisotopic (exact) mass is 519 g/mol. The van der Waals surface area contributed by atoms with E-state index in [1.807, 2.05) is 48.5 Å². The molecule has 1 saturated heterocycles. The van der Waals surface area contributed by atoms with Gasteiger partial charge in [-0.15, -0.1) is 0 Å². The maximum atomic E-state index is 13.8. The summed E-state index contributed by atoms with van der Waals surface area (Å²) in [6.45, 7) is 0.289. The molecule has 1 N–H and O–H groups in total. The van der Waals surface area contributed by atoms with Crippen molar-refractivity contribution < 1.29 is 14.3 Å². The van der Waals surface area contributed by atoms with Crippen molar-refractivity contribution in [3.63, 3.8) is 0 Å². The first kappa shape index (κ1) is 23.0. The SMILES string of the molecule is COc1ccc([C@H]2c3[nH]c4ccccc4c3C[C@H]3C(=O)N(Cc4ccc(Cl)c(Cl)c4)CC(=O)N23)cc1. The molecule has 36 heavy (non-hydrogen) atoms.